The van der Waals surface area contributed by atoms with Crippen LogP contribution in [0.3, 0.4) is 0 Å². The van der Waals surface area contributed by atoms with Crippen LogP contribution >= 0.6 is 0 Å². The number of nitrogens with zero attached hydrogens (tertiary/aromatic N) is 2. The van der Waals surface area contributed by atoms with Gasteiger partial charge in [0.1, 0.15) is 6.04 Å². The van der Waals surface area contributed by atoms with Gasteiger partial charge < -0.3 is 21.1 Å². The summed E-state index contributed by atoms with van der Waals surface area (Å²) < 4.78 is 14.8. The van der Waals surface area contributed by atoms with Crippen LogP contribution in [0.5, 0.6) is 0 Å². The quantitative estimate of drug-likeness (QED) is 0.626. The highest BCUT2D eigenvalue weighted by Crippen LogP contribution is 2.20. The Labute approximate surface area is 161 Å². The maximum Gasteiger partial charge on any atom is 0.323 e. The van der Waals surface area contributed by atoms with Gasteiger partial charge in [0, 0.05) is 37.4 Å². The summed E-state index contributed by atoms with van der Waals surface area (Å²) in [4.78, 5) is 29.2. The van der Waals surface area contributed by atoms with Crippen molar-refractivity contribution in [1.29, 1.82) is 0 Å². The molecule has 1 aliphatic heterocycles. The summed E-state index contributed by atoms with van der Waals surface area (Å²) in [5.74, 6) is -1.46. The standard InChI is InChI=1S/C19H22FN5O3/c1-12-5-6-14(9-22-12)23-19(28)24-15-4-2-3-13(17(15)20)10-25-8-7-21-16(11-25)18(26)27/h2-6,9,16,21H,7-8,10-11H2,1H3,(H,26,27)(H2,23,24,28). The van der Waals surface area contributed by atoms with Crippen molar-refractivity contribution in [2.45, 2.75) is 19.5 Å². The van der Waals surface area contributed by atoms with Crippen molar-refractivity contribution in [3.05, 3.63) is 53.6 Å². The van der Waals surface area contributed by atoms with Crippen LogP contribution in [0.1, 0.15) is 11.3 Å². The molecule has 0 saturated carbocycles. The van der Waals surface area contributed by atoms with Crippen LogP contribution in [-0.2, 0) is 11.3 Å². The molecule has 0 bridgehead atoms. The zero-order valence-electron chi connectivity index (χ0n) is 15.4. The highest BCUT2D eigenvalue weighted by molar-refractivity contribution is 5.99. The fraction of sp³-hybridized carbons (Fsp3) is 0.316. The molecule has 1 unspecified atom stereocenters. The normalized spacial score (nSPS) is 17.1. The number of aliphatic carboxylic acids is 1. The third-order valence-corrected chi connectivity index (χ3v) is 4.45. The third-order valence-electron chi connectivity index (χ3n) is 4.45. The van der Waals surface area contributed by atoms with Crippen LogP contribution in [-0.4, -0.2) is 52.7 Å². The van der Waals surface area contributed by atoms with Crippen molar-refractivity contribution in [1.82, 2.24) is 15.2 Å². The van der Waals surface area contributed by atoms with Crippen LogP contribution in [0.2, 0.25) is 0 Å². The summed E-state index contributed by atoms with van der Waals surface area (Å²) in [7, 11) is 0. The molecular formula is C19H22FN5O3. The first kappa shape index (κ1) is 19.7. The van der Waals surface area contributed by atoms with E-state index in [-0.39, 0.29) is 18.8 Å². The van der Waals surface area contributed by atoms with E-state index in [4.69, 9.17) is 5.11 Å². The van der Waals surface area contributed by atoms with E-state index in [1.807, 2.05) is 11.8 Å². The van der Waals surface area contributed by atoms with Crippen LogP contribution in [0, 0.1) is 12.7 Å². The lowest BCUT2D eigenvalue weighted by Crippen LogP contribution is -2.53. The average molecular weight is 387 g/mol. The summed E-state index contributed by atoms with van der Waals surface area (Å²) in [6.07, 6.45) is 1.52. The predicted octanol–water partition coefficient (Wildman–Crippen LogP) is 2.03. The summed E-state index contributed by atoms with van der Waals surface area (Å²) in [6, 6.07) is 6.97. The molecule has 4 N–H and O–H groups in total. The number of carbonyl (C=O) groups excluding carboxylic acids is 1. The fourth-order valence-electron chi connectivity index (χ4n) is 2.99. The van der Waals surface area contributed by atoms with Crippen molar-refractivity contribution >= 4 is 23.4 Å². The SMILES string of the molecule is Cc1ccc(NC(=O)Nc2cccc(CN3CCNC(C(=O)O)C3)c2F)cn1. The Morgan fingerprint density at radius 2 is 2.14 bits per heavy atom. The number of aromatic nitrogens is 1. The first-order valence-corrected chi connectivity index (χ1v) is 8.89. The van der Waals surface area contributed by atoms with Gasteiger partial charge in [-0.05, 0) is 25.1 Å². The molecule has 1 atom stereocenters. The van der Waals surface area contributed by atoms with Crippen molar-refractivity contribution in [3.63, 3.8) is 0 Å². The van der Waals surface area contributed by atoms with E-state index >= 15 is 0 Å². The minimum atomic E-state index is -0.928. The van der Waals surface area contributed by atoms with Gasteiger partial charge in [0.25, 0.3) is 0 Å². The summed E-state index contributed by atoms with van der Waals surface area (Å²) in [5, 5.41) is 17.1. The van der Waals surface area contributed by atoms with Gasteiger partial charge in [-0.15, -0.1) is 0 Å². The number of urea groups is 1. The zero-order chi connectivity index (χ0) is 20.1. The Kier molecular flexibility index (Phi) is 6.17. The minimum Gasteiger partial charge on any atom is -0.480 e. The molecule has 28 heavy (non-hydrogen) atoms. The molecule has 1 fully saturated rings. The van der Waals surface area contributed by atoms with Crippen molar-refractivity contribution in [3.8, 4) is 0 Å². The lowest BCUT2D eigenvalue weighted by Gasteiger charge is -2.31. The van der Waals surface area contributed by atoms with Crippen LogP contribution in [0.15, 0.2) is 36.5 Å². The zero-order valence-corrected chi connectivity index (χ0v) is 15.4. The van der Waals surface area contributed by atoms with Gasteiger partial charge in [0.05, 0.1) is 17.6 Å². The van der Waals surface area contributed by atoms with Crippen LogP contribution in [0.4, 0.5) is 20.6 Å². The van der Waals surface area contributed by atoms with Gasteiger partial charge in [-0.3, -0.25) is 14.7 Å². The number of benzene rings is 1. The minimum absolute atomic E-state index is 0.0555. The first-order chi connectivity index (χ1) is 13.4. The number of carboxylic acids is 1. The largest absolute Gasteiger partial charge is 0.480 e. The number of anilines is 2. The molecule has 8 nitrogen and oxygen atoms in total. The molecule has 2 amide bonds. The lowest BCUT2D eigenvalue weighted by molar-refractivity contribution is -0.140. The fourth-order valence-corrected chi connectivity index (χ4v) is 2.99. The van der Waals surface area contributed by atoms with E-state index in [0.717, 1.165) is 5.69 Å². The Morgan fingerprint density at radius 1 is 1.32 bits per heavy atom. The summed E-state index contributed by atoms with van der Waals surface area (Å²) in [5.41, 5.74) is 1.77. The Morgan fingerprint density at radius 3 is 2.86 bits per heavy atom. The van der Waals surface area contributed by atoms with Gasteiger partial charge in [-0.1, -0.05) is 12.1 Å². The molecule has 148 valence electrons. The number of carbonyl (C=O) groups is 2. The van der Waals surface area contributed by atoms with E-state index in [0.29, 0.717) is 24.3 Å². The van der Waals surface area contributed by atoms with Gasteiger partial charge in [-0.2, -0.15) is 0 Å². The van der Waals surface area contributed by atoms with E-state index in [9.17, 15) is 14.0 Å². The molecule has 0 aliphatic carbocycles. The molecule has 2 heterocycles. The molecule has 1 aromatic heterocycles. The Balaban J connectivity index is 1.64. The second-order valence-corrected chi connectivity index (χ2v) is 6.63. The number of hydrogen-bond donors (Lipinski definition) is 4. The van der Waals surface area contributed by atoms with E-state index in [2.05, 4.69) is 20.9 Å². The van der Waals surface area contributed by atoms with Gasteiger partial charge in [-0.25, -0.2) is 9.18 Å². The number of pyridine rings is 1. The summed E-state index contributed by atoms with van der Waals surface area (Å²) in [6.45, 7) is 3.51. The molecule has 1 aliphatic rings. The van der Waals surface area contributed by atoms with Crippen LogP contribution in [0.25, 0.3) is 0 Å². The number of halogens is 1. The predicted molar refractivity (Wildman–Crippen MR) is 103 cm³/mol. The number of amides is 2. The summed E-state index contributed by atoms with van der Waals surface area (Å²) >= 11 is 0. The Bertz CT molecular complexity index is 859. The third kappa shape index (κ3) is 5.02. The van der Waals surface area contributed by atoms with Crippen molar-refractivity contribution in [2.75, 3.05) is 30.3 Å². The number of piperazine rings is 1. The molecular weight excluding hydrogens is 365 g/mol. The van der Waals surface area contributed by atoms with Gasteiger partial charge >= 0.3 is 12.0 Å². The number of carboxylic acid groups (broad SMARTS) is 1. The number of rotatable bonds is 5. The van der Waals surface area contributed by atoms with Crippen LogP contribution < -0.4 is 16.0 Å². The number of nitrogens with one attached hydrogen (secondary N) is 3. The monoisotopic (exact) mass is 387 g/mol. The molecule has 1 saturated heterocycles. The molecule has 0 spiro atoms. The Hall–Kier alpha value is -3.04. The average Bonchev–Trinajstić information content (AvgIpc) is 2.67. The second kappa shape index (κ2) is 8.77. The molecule has 1 aromatic carbocycles. The van der Waals surface area contributed by atoms with E-state index < -0.39 is 23.9 Å². The van der Waals surface area contributed by atoms with Crippen molar-refractivity contribution < 1.29 is 19.1 Å². The molecule has 0 radical (unpaired) electrons. The van der Waals surface area contributed by atoms with Crippen molar-refractivity contribution in [2.24, 2.45) is 0 Å². The maximum atomic E-state index is 14.8. The number of hydrogen-bond acceptors (Lipinski definition) is 5. The van der Waals surface area contributed by atoms with E-state index in [1.165, 1.54) is 12.3 Å². The van der Waals surface area contributed by atoms with Gasteiger partial charge in [0.15, 0.2) is 5.82 Å². The topological polar surface area (TPSA) is 107 Å². The maximum absolute atomic E-state index is 14.8. The molecule has 9 heteroatoms. The smallest absolute Gasteiger partial charge is 0.323 e. The highest BCUT2D eigenvalue weighted by atomic mass is 19.1. The van der Waals surface area contributed by atoms with Gasteiger partial charge in [0.2, 0.25) is 0 Å². The first-order valence-electron chi connectivity index (χ1n) is 8.89. The molecule has 2 aromatic rings. The highest BCUT2D eigenvalue weighted by Gasteiger charge is 2.25. The molecule has 3 rings (SSSR count). The number of aryl methyl sites for hydroxylation is 1. The lowest BCUT2D eigenvalue weighted by atomic mass is 10.1. The second-order valence-electron chi connectivity index (χ2n) is 6.63. The van der Waals surface area contributed by atoms with E-state index in [1.54, 1.807) is 24.3 Å².